The van der Waals surface area contributed by atoms with Crippen molar-refractivity contribution in [1.29, 1.82) is 0 Å². The maximum atomic E-state index is 11.5. The standard InChI is InChI=1S/C11H22N2O4S/c14-11(15)5-10-18(16,17)12-6-9-13-7-3-1-2-4-8-13/h12H,1-10H2,(H,14,15). The number of aliphatic carboxylic acids is 1. The highest BCUT2D eigenvalue weighted by molar-refractivity contribution is 7.89. The predicted octanol–water partition coefficient (Wildman–Crippen LogP) is 0.257. The molecule has 0 amide bonds. The minimum absolute atomic E-state index is 0.345. The molecule has 0 aromatic rings. The number of nitrogens with one attached hydrogen (secondary N) is 1. The number of carboxylic acid groups (broad SMARTS) is 1. The molecule has 0 radical (unpaired) electrons. The van der Waals surface area contributed by atoms with Crippen LogP contribution in [0.5, 0.6) is 0 Å². The van der Waals surface area contributed by atoms with Crippen LogP contribution in [0, 0.1) is 0 Å². The van der Waals surface area contributed by atoms with Crippen LogP contribution in [0.15, 0.2) is 0 Å². The maximum absolute atomic E-state index is 11.5. The second-order valence-corrected chi connectivity index (χ2v) is 6.54. The molecule has 1 heterocycles. The molecular weight excluding hydrogens is 256 g/mol. The largest absolute Gasteiger partial charge is 0.481 e. The molecule has 2 N–H and O–H groups in total. The topological polar surface area (TPSA) is 86.7 Å². The molecule has 1 aliphatic heterocycles. The molecule has 0 aromatic heterocycles. The molecule has 106 valence electrons. The maximum Gasteiger partial charge on any atom is 0.304 e. The van der Waals surface area contributed by atoms with Gasteiger partial charge >= 0.3 is 5.97 Å². The van der Waals surface area contributed by atoms with E-state index in [-0.39, 0.29) is 12.2 Å². The zero-order valence-electron chi connectivity index (χ0n) is 10.6. The van der Waals surface area contributed by atoms with Gasteiger partial charge in [-0.1, -0.05) is 12.8 Å². The molecule has 0 spiro atoms. The Labute approximate surface area is 108 Å². The highest BCUT2D eigenvalue weighted by atomic mass is 32.2. The zero-order valence-corrected chi connectivity index (χ0v) is 11.4. The summed E-state index contributed by atoms with van der Waals surface area (Å²) in [6.45, 7) is 3.11. The molecular formula is C11H22N2O4S. The van der Waals surface area contributed by atoms with E-state index in [9.17, 15) is 13.2 Å². The van der Waals surface area contributed by atoms with Gasteiger partial charge in [-0.3, -0.25) is 4.79 Å². The lowest BCUT2D eigenvalue weighted by Gasteiger charge is -2.19. The molecule has 0 saturated carbocycles. The number of hydrogen-bond acceptors (Lipinski definition) is 4. The van der Waals surface area contributed by atoms with Crippen molar-refractivity contribution in [2.24, 2.45) is 0 Å². The predicted molar refractivity (Wildman–Crippen MR) is 69.0 cm³/mol. The van der Waals surface area contributed by atoms with E-state index in [1.54, 1.807) is 0 Å². The first-order chi connectivity index (χ1) is 8.49. The van der Waals surface area contributed by atoms with Crippen molar-refractivity contribution in [3.8, 4) is 0 Å². The van der Waals surface area contributed by atoms with Gasteiger partial charge in [0.05, 0.1) is 12.2 Å². The summed E-state index contributed by atoms with van der Waals surface area (Å²) in [7, 11) is -3.44. The average Bonchev–Trinajstić information content (AvgIpc) is 2.55. The zero-order chi connectivity index (χ0) is 13.4. The van der Waals surface area contributed by atoms with Gasteiger partial charge in [0.1, 0.15) is 0 Å². The van der Waals surface area contributed by atoms with E-state index in [4.69, 9.17) is 5.11 Å². The summed E-state index contributed by atoms with van der Waals surface area (Å²) in [4.78, 5) is 12.6. The molecule has 1 rings (SSSR count). The molecule has 1 saturated heterocycles. The summed E-state index contributed by atoms with van der Waals surface area (Å²) in [5, 5.41) is 8.44. The van der Waals surface area contributed by atoms with Gasteiger partial charge in [-0.25, -0.2) is 13.1 Å². The monoisotopic (exact) mass is 278 g/mol. The van der Waals surface area contributed by atoms with Crippen LogP contribution < -0.4 is 4.72 Å². The average molecular weight is 278 g/mol. The number of carboxylic acids is 1. The van der Waals surface area contributed by atoms with Crippen molar-refractivity contribution in [3.63, 3.8) is 0 Å². The van der Waals surface area contributed by atoms with Crippen LogP contribution >= 0.6 is 0 Å². The SMILES string of the molecule is O=C(O)CCS(=O)(=O)NCCN1CCCCCC1. The van der Waals surface area contributed by atoms with Crippen LogP contribution in [-0.2, 0) is 14.8 Å². The van der Waals surface area contributed by atoms with Gasteiger partial charge in [0.25, 0.3) is 0 Å². The lowest BCUT2D eigenvalue weighted by atomic mass is 10.2. The summed E-state index contributed by atoms with van der Waals surface area (Å²) in [6.07, 6.45) is 4.50. The normalized spacial score (nSPS) is 18.4. The van der Waals surface area contributed by atoms with Gasteiger partial charge in [0.15, 0.2) is 0 Å². The Kier molecular flexibility index (Phi) is 6.59. The first-order valence-electron chi connectivity index (χ1n) is 6.41. The Morgan fingerprint density at radius 3 is 2.33 bits per heavy atom. The molecule has 0 atom stereocenters. The second kappa shape index (κ2) is 7.70. The summed E-state index contributed by atoms with van der Waals surface area (Å²) < 4.78 is 25.4. The third kappa shape index (κ3) is 6.93. The Morgan fingerprint density at radius 2 is 1.78 bits per heavy atom. The van der Waals surface area contributed by atoms with Gasteiger partial charge in [0.2, 0.25) is 10.0 Å². The van der Waals surface area contributed by atoms with E-state index in [0.29, 0.717) is 13.1 Å². The first-order valence-corrected chi connectivity index (χ1v) is 8.06. The number of sulfonamides is 1. The van der Waals surface area contributed by atoms with Crippen LogP contribution in [-0.4, -0.2) is 56.3 Å². The molecule has 7 heteroatoms. The Balaban J connectivity index is 2.21. The third-order valence-corrected chi connectivity index (χ3v) is 4.42. The van der Waals surface area contributed by atoms with E-state index in [1.165, 1.54) is 25.7 Å². The highest BCUT2D eigenvalue weighted by Crippen LogP contribution is 2.08. The van der Waals surface area contributed by atoms with Gasteiger partial charge in [0, 0.05) is 13.1 Å². The lowest BCUT2D eigenvalue weighted by molar-refractivity contribution is -0.136. The molecule has 0 bridgehead atoms. The van der Waals surface area contributed by atoms with E-state index in [1.807, 2.05) is 0 Å². The fourth-order valence-corrected chi connectivity index (χ4v) is 3.00. The van der Waals surface area contributed by atoms with Crippen molar-refractivity contribution in [2.75, 3.05) is 31.9 Å². The number of rotatable bonds is 7. The van der Waals surface area contributed by atoms with Crippen LogP contribution in [0.3, 0.4) is 0 Å². The van der Waals surface area contributed by atoms with E-state index in [0.717, 1.165) is 13.1 Å². The number of hydrogen-bond donors (Lipinski definition) is 2. The van der Waals surface area contributed by atoms with Crippen LogP contribution in [0.4, 0.5) is 0 Å². The molecule has 18 heavy (non-hydrogen) atoms. The first kappa shape index (κ1) is 15.4. The lowest BCUT2D eigenvalue weighted by Crippen LogP contribution is -2.36. The number of likely N-dealkylation sites (tertiary alicyclic amines) is 1. The van der Waals surface area contributed by atoms with Crippen molar-refractivity contribution < 1.29 is 18.3 Å². The van der Waals surface area contributed by atoms with E-state index in [2.05, 4.69) is 9.62 Å². The molecule has 0 aromatic carbocycles. The molecule has 6 nitrogen and oxygen atoms in total. The Morgan fingerprint density at radius 1 is 1.17 bits per heavy atom. The molecule has 1 aliphatic rings. The summed E-state index contributed by atoms with van der Waals surface area (Å²) in [5.74, 6) is -1.43. The minimum atomic E-state index is -3.44. The molecule has 0 aliphatic carbocycles. The second-order valence-electron chi connectivity index (χ2n) is 4.61. The fraction of sp³-hybridized carbons (Fsp3) is 0.909. The van der Waals surface area contributed by atoms with Crippen molar-refractivity contribution in [3.05, 3.63) is 0 Å². The van der Waals surface area contributed by atoms with Gasteiger partial charge < -0.3 is 10.0 Å². The van der Waals surface area contributed by atoms with Crippen LogP contribution in [0.25, 0.3) is 0 Å². The summed E-state index contributed by atoms with van der Waals surface area (Å²) >= 11 is 0. The quantitative estimate of drug-likeness (QED) is 0.697. The Hall–Kier alpha value is -0.660. The minimum Gasteiger partial charge on any atom is -0.481 e. The Bertz CT molecular complexity index is 348. The van der Waals surface area contributed by atoms with Crippen LogP contribution in [0.1, 0.15) is 32.1 Å². The van der Waals surface area contributed by atoms with Crippen molar-refractivity contribution >= 4 is 16.0 Å². The van der Waals surface area contributed by atoms with Gasteiger partial charge in [-0.05, 0) is 25.9 Å². The number of carbonyl (C=O) groups is 1. The van der Waals surface area contributed by atoms with Gasteiger partial charge in [-0.2, -0.15) is 0 Å². The summed E-state index contributed by atoms with van der Waals surface area (Å²) in [5.41, 5.74) is 0. The summed E-state index contributed by atoms with van der Waals surface area (Å²) in [6, 6.07) is 0. The van der Waals surface area contributed by atoms with E-state index >= 15 is 0 Å². The van der Waals surface area contributed by atoms with Crippen molar-refractivity contribution in [2.45, 2.75) is 32.1 Å². The van der Waals surface area contributed by atoms with Crippen LogP contribution in [0.2, 0.25) is 0 Å². The smallest absolute Gasteiger partial charge is 0.304 e. The third-order valence-electron chi connectivity index (χ3n) is 3.03. The number of nitrogens with zero attached hydrogens (tertiary/aromatic N) is 1. The fourth-order valence-electron chi connectivity index (χ4n) is 2.01. The van der Waals surface area contributed by atoms with E-state index < -0.39 is 16.0 Å². The van der Waals surface area contributed by atoms with Crippen molar-refractivity contribution in [1.82, 2.24) is 9.62 Å². The molecule has 0 unspecified atom stereocenters. The molecule has 1 fully saturated rings. The highest BCUT2D eigenvalue weighted by Gasteiger charge is 2.13. The van der Waals surface area contributed by atoms with Gasteiger partial charge in [-0.15, -0.1) is 0 Å².